The molecule has 0 radical (unpaired) electrons. The van der Waals surface area contributed by atoms with Crippen LogP contribution in [0, 0.1) is 12.3 Å². The normalized spacial score (nSPS) is 13.4. The van der Waals surface area contributed by atoms with Crippen molar-refractivity contribution in [2.24, 2.45) is 0 Å². The first-order chi connectivity index (χ1) is 5.40. The zero-order valence-corrected chi connectivity index (χ0v) is 6.00. The first kappa shape index (κ1) is 6.23. The van der Waals surface area contributed by atoms with Crippen LogP contribution in [0.2, 0.25) is 0 Å². The van der Waals surface area contributed by atoms with Crippen molar-refractivity contribution in [3.8, 4) is 18.2 Å². The van der Waals surface area contributed by atoms with Crippen molar-refractivity contribution in [1.82, 2.24) is 4.98 Å². The summed E-state index contributed by atoms with van der Waals surface area (Å²) >= 11 is 0. The van der Waals surface area contributed by atoms with Gasteiger partial charge in [-0.1, -0.05) is 5.92 Å². The first-order valence-electron chi connectivity index (χ1n) is 3.48. The summed E-state index contributed by atoms with van der Waals surface area (Å²) in [6.07, 6.45) is 7.80. The van der Waals surface area contributed by atoms with Gasteiger partial charge in [0.1, 0.15) is 0 Å². The number of nitrogens with zero attached hydrogens (tertiary/aromatic N) is 1. The van der Waals surface area contributed by atoms with Crippen LogP contribution in [0.4, 0.5) is 0 Å². The minimum atomic E-state index is 0.732. The minimum Gasteiger partial charge on any atom is -0.477 e. The highest BCUT2D eigenvalue weighted by Gasteiger charge is 2.12. The lowest BCUT2D eigenvalue weighted by atomic mass is 10.2. The number of pyridine rings is 1. The number of hydrogen-bond donors (Lipinski definition) is 0. The van der Waals surface area contributed by atoms with Gasteiger partial charge in [-0.15, -0.1) is 6.42 Å². The van der Waals surface area contributed by atoms with Crippen LogP contribution in [0.1, 0.15) is 11.1 Å². The number of rotatable bonds is 0. The average molecular weight is 145 g/mol. The van der Waals surface area contributed by atoms with Crippen LogP contribution in [-0.4, -0.2) is 11.6 Å². The largest absolute Gasteiger partial charge is 0.477 e. The molecular weight excluding hydrogens is 138 g/mol. The highest BCUT2D eigenvalue weighted by molar-refractivity contribution is 5.39. The van der Waals surface area contributed by atoms with E-state index < -0.39 is 0 Å². The molecule has 0 unspecified atom stereocenters. The van der Waals surface area contributed by atoms with Gasteiger partial charge in [-0.05, 0) is 6.07 Å². The second kappa shape index (κ2) is 2.28. The summed E-state index contributed by atoms with van der Waals surface area (Å²) in [6.45, 7) is 0.732. The molecule has 0 amide bonds. The summed E-state index contributed by atoms with van der Waals surface area (Å²) in [5, 5.41) is 0. The van der Waals surface area contributed by atoms with E-state index in [0.29, 0.717) is 0 Å². The van der Waals surface area contributed by atoms with Crippen molar-refractivity contribution >= 4 is 0 Å². The summed E-state index contributed by atoms with van der Waals surface area (Å²) in [4.78, 5) is 4.07. The number of hydrogen-bond acceptors (Lipinski definition) is 2. The zero-order chi connectivity index (χ0) is 7.68. The highest BCUT2D eigenvalue weighted by Crippen LogP contribution is 2.22. The maximum atomic E-state index is 5.22. The summed E-state index contributed by atoms with van der Waals surface area (Å²) in [7, 11) is 0. The molecule has 0 bridgehead atoms. The van der Waals surface area contributed by atoms with Gasteiger partial charge < -0.3 is 4.74 Å². The molecule has 0 atom stereocenters. The fourth-order valence-electron chi connectivity index (χ4n) is 1.14. The number of ether oxygens (including phenoxy) is 1. The maximum absolute atomic E-state index is 5.22. The quantitative estimate of drug-likeness (QED) is 0.508. The summed E-state index contributed by atoms with van der Waals surface area (Å²) < 4.78 is 5.22. The van der Waals surface area contributed by atoms with Gasteiger partial charge in [0.2, 0.25) is 5.88 Å². The van der Waals surface area contributed by atoms with E-state index in [1.165, 1.54) is 0 Å². The summed E-state index contributed by atoms with van der Waals surface area (Å²) in [5.41, 5.74) is 1.95. The molecule has 2 rings (SSSR count). The molecule has 0 aromatic carbocycles. The van der Waals surface area contributed by atoms with Gasteiger partial charge in [0.25, 0.3) is 0 Å². The second-order valence-electron chi connectivity index (χ2n) is 2.43. The Morgan fingerprint density at radius 2 is 2.55 bits per heavy atom. The van der Waals surface area contributed by atoms with E-state index in [1.807, 2.05) is 6.07 Å². The molecule has 2 heterocycles. The van der Waals surface area contributed by atoms with Crippen LogP contribution in [0.25, 0.3) is 0 Å². The molecule has 0 saturated heterocycles. The van der Waals surface area contributed by atoms with Crippen molar-refractivity contribution < 1.29 is 4.74 Å². The van der Waals surface area contributed by atoms with Crippen LogP contribution in [-0.2, 0) is 6.42 Å². The van der Waals surface area contributed by atoms with E-state index in [4.69, 9.17) is 11.2 Å². The van der Waals surface area contributed by atoms with Crippen molar-refractivity contribution in [3.63, 3.8) is 0 Å². The van der Waals surface area contributed by atoms with Crippen LogP contribution in [0.15, 0.2) is 12.3 Å². The lowest BCUT2D eigenvalue weighted by Gasteiger charge is -1.95. The molecule has 0 fully saturated rings. The number of fused-ring (bicyclic) bond motifs is 1. The lowest BCUT2D eigenvalue weighted by molar-refractivity contribution is 0.345. The van der Waals surface area contributed by atoms with E-state index in [0.717, 1.165) is 30.0 Å². The standard InChI is InChI=1S/C9H7NO/c1-2-7-5-8-3-4-11-9(8)10-6-7/h1,5-6H,3-4H2. The zero-order valence-electron chi connectivity index (χ0n) is 6.00. The van der Waals surface area contributed by atoms with Gasteiger partial charge in [-0.2, -0.15) is 0 Å². The van der Waals surface area contributed by atoms with E-state index in [-0.39, 0.29) is 0 Å². The average Bonchev–Trinajstić information content (AvgIpc) is 2.50. The molecule has 0 aliphatic carbocycles. The molecule has 1 aliphatic rings. The fraction of sp³-hybridized carbons (Fsp3) is 0.222. The van der Waals surface area contributed by atoms with Crippen LogP contribution >= 0.6 is 0 Å². The summed E-state index contributed by atoms with van der Waals surface area (Å²) in [5.74, 6) is 3.28. The Bertz CT molecular complexity index is 325. The first-order valence-corrected chi connectivity index (χ1v) is 3.48. The van der Waals surface area contributed by atoms with Crippen molar-refractivity contribution in [3.05, 3.63) is 23.4 Å². The third-order valence-corrected chi connectivity index (χ3v) is 1.70. The Hall–Kier alpha value is -1.49. The lowest BCUT2D eigenvalue weighted by Crippen LogP contribution is -1.87. The van der Waals surface area contributed by atoms with E-state index in [2.05, 4.69) is 10.9 Å². The van der Waals surface area contributed by atoms with Crippen LogP contribution in [0.5, 0.6) is 5.88 Å². The SMILES string of the molecule is C#Cc1cnc2c(c1)CCO2. The number of terminal acetylenes is 1. The van der Waals surface area contributed by atoms with Gasteiger partial charge in [-0.3, -0.25) is 0 Å². The number of aromatic nitrogens is 1. The molecule has 1 aliphatic heterocycles. The third-order valence-electron chi connectivity index (χ3n) is 1.70. The molecule has 0 N–H and O–H groups in total. The van der Waals surface area contributed by atoms with Crippen molar-refractivity contribution in [1.29, 1.82) is 0 Å². The predicted octanol–water partition coefficient (Wildman–Crippen LogP) is 0.998. The molecule has 0 saturated carbocycles. The molecule has 11 heavy (non-hydrogen) atoms. The third kappa shape index (κ3) is 0.947. The molecule has 1 aromatic heterocycles. The van der Waals surface area contributed by atoms with Gasteiger partial charge in [0.15, 0.2) is 0 Å². The molecular formula is C9H7NO. The topological polar surface area (TPSA) is 22.1 Å². The Balaban J connectivity index is 2.51. The fourth-order valence-corrected chi connectivity index (χ4v) is 1.14. The van der Waals surface area contributed by atoms with Crippen molar-refractivity contribution in [2.75, 3.05) is 6.61 Å². The summed E-state index contributed by atoms with van der Waals surface area (Å²) in [6, 6.07) is 1.95. The Kier molecular flexibility index (Phi) is 1.29. The van der Waals surface area contributed by atoms with Crippen molar-refractivity contribution in [2.45, 2.75) is 6.42 Å². The molecule has 54 valence electrons. The second-order valence-corrected chi connectivity index (χ2v) is 2.43. The van der Waals surface area contributed by atoms with E-state index >= 15 is 0 Å². The Labute approximate surface area is 65.2 Å². The smallest absolute Gasteiger partial charge is 0.216 e. The Morgan fingerprint density at radius 3 is 3.36 bits per heavy atom. The van der Waals surface area contributed by atoms with Gasteiger partial charge in [0.05, 0.1) is 6.61 Å². The molecule has 2 nitrogen and oxygen atoms in total. The maximum Gasteiger partial charge on any atom is 0.216 e. The van der Waals surface area contributed by atoms with Crippen LogP contribution < -0.4 is 4.74 Å². The van der Waals surface area contributed by atoms with Crippen LogP contribution in [0.3, 0.4) is 0 Å². The highest BCUT2D eigenvalue weighted by atomic mass is 16.5. The molecule has 2 heteroatoms. The predicted molar refractivity (Wildman–Crippen MR) is 41.4 cm³/mol. The minimum absolute atomic E-state index is 0.732. The van der Waals surface area contributed by atoms with Gasteiger partial charge in [-0.25, -0.2) is 4.98 Å². The van der Waals surface area contributed by atoms with E-state index in [9.17, 15) is 0 Å². The van der Waals surface area contributed by atoms with Gasteiger partial charge >= 0.3 is 0 Å². The van der Waals surface area contributed by atoms with Gasteiger partial charge in [0, 0.05) is 23.7 Å². The Morgan fingerprint density at radius 1 is 1.64 bits per heavy atom. The molecule has 1 aromatic rings. The monoisotopic (exact) mass is 145 g/mol. The van der Waals surface area contributed by atoms with E-state index in [1.54, 1.807) is 6.20 Å². The molecule has 0 spiro atoms.